The number of nitrogens with one attached hydrogen (secondary N) is 1. The van der Waals surface area contributed by atoms with Gasteiger partial charge >= 0.3 is 0 Å². The highest BCUT2D eigenvalue weighted by atomic mass is 35.5. The molecule has 1 aromatic carbocycles. The number of amides is 1. The maximum absolute atomic E-state index is 11.8. The van der Waals surface area contributed by atoms with Crippen molar-refractivity contribution in [2.75, 3.05) is 18.5 Å². The zero-order valence-corrected chi connectivity index (χ0v) is 12.0. The van der Waals surface area contributed by atoms with E-state index in [1.807, 2.05) is 6.92 Å². The normalized spacial score (nSPS) is 13.9. The van der Waals surface area contributed by atoms with E-state index in [2.05, 4.69) is 5.32 Å². The third kappa shape index (κ3) is 4.31. The lowest BCUT2D eigenvalue weighted by Gasteiger charge is -2.09. The Labute approximate surface area is 114 Å². The average molecular weight is 289 g/mol. The average Bonchev–Trinajstić information content (AvgIpc) is 2.32. The summed E-state index contributed by atoms with van der Waals surface area (Å²) in [4.78, 5) is 11.8. The second kappa shape index (κ2) is 6.75. The molecular formula is C12H17ClN2O2S. The minimum Gasteiger partial charge on any atom is -0.398 e. The van der Waals surface area contributed by atoms with Crippen LogP contribution in [0, 0.1) is 0 Å². The molecule has 0 aromatic heterocycles. The Balaban J connectivity index is 2.50. The largest absolute Gasteiger partial charge is 0.398 e. The molecule has 100 valence electrons. The number of hydrogen-bond donors (Lipinski definition) is 2. The van der Waals surface area contributed by atoms with Gasteiger partial charge in [0.2, 0.25) is 0 Å². The first-order valence-corrected chi connectivity index (χ1v) is 7.57. The van der Waals surface area contributed by atoms with Gasteiger partial charge in [0.15, 0.2) is 0 Å². The van der Waals surface area contributed by atoms with Gasteiger partial charge in [-0.15, -0.1) is 0 Å². The van der Waals surface area contributed by atoms with Crippen molar-refractivity contribution in [3.63, 3.8) is 0 Å². The number of rotatable bonds is 5. The highest BCUT2D eigenvalue weighted by molar-refractivity contribution is 7.84. The van der Waals surface area contributed by atoms with Crippen LogP contribution in [0.4, 0.5) is 5.69 Å². The Morgan fingerprint density at radius 3 is 2.78 bits per heavy atom. The van der Waals surface area contributed by atoms with Gasteiger partial charge in [0, 0.05) is 34.4 Å². The molecule has 0 aliphatic rings. The zero-order chi connectivity index (χ0) is 13.7. The van der Waals surface area contributed by atoms with Crippen LogP contribution >= 0.6 is 11.6 Å². The first kappa shape index (κ1) is 15.0. The van der Waals surface area contributed by atoms with Gasteiger partial charge in [0.1, 0.15) is 0 Å². The summed E-state index contributed by atoms with van der Waals surface area (Å²) in [6, 6.07) is 4.76. The lowest BCUT2D eigenvalue weighted by molar-refractivity contribution is 0.0953. The van der Waals surface area contributed by atoms with E-state index in [0.29, 0.717) is 29.2 Å². The molecule has 1 amide bonds. The molecule has 1 aromatic rings. The molecule has 0 aliphatic heterocycles. The van der Waals surface area contributed by atoms with Crippen LogP contribution < -0.4 is 11.1 Å². The highest BCUT2D eigenvalue weighted by Gasteiger charge is 2.09. The maximum Gasteiger partial charge on any atom is 0.251 e. The molecule has 0 heterocycles. The number of nitrogens with two attached hydrogens (primary N) is 1. The summed E-state index contributed by atoms with van der Waals surface area (Å²) in [6.07, 6.45) is 2.34. The van der Waals surface area contributed by atoms with E-state index in [1.54, 1.807) is 18.4 Å². The van der Waals surface area contributed by atoms with Crippen molar-refractivity contribution in [2.45, 2.75) is 18.6 Å². The van der Waals surface area contributed by atoms with Gasteiger partial charge in [-0.3, -0.25) is 9.00 Å². The van der Waals surface area contributed by atoms with E-state index in [1.165, 1.54) is 6.07 Å². The number of carbonyl (C=O) groups excluding carboxylic acids is 1. The predicted octanol–water partition coefficient (Wildman–Crippen LogP) is 1.81. The summed E-state index contributed by atoms with van der Waals surface area (Å²) in [5.74, 6) is -0.203. The van der Waals surface area contributed by atoms with Gasteiger partial charge < -0.3 is 11.1 Å². The van der Waals surface area contributed by atoms with Crippen molar-refractivity contribution in [1.29, 1.82) is 0 Å². The minimum atomic E-state index is -0.865. The van der Waals surface area contributed by atoms with Crippen LogP contribution in [0.15, 0.2) is 18.2 Å². The fourth-order valence-corrected chi connectivity index (χ4v) is 1.96. The summed E-state index contributed by atoms with van der Waals surface area (Å²) in [5.41, 5.74) is 6.48. The van der Waals surface area contributed by atoms with Crippen LogP contribution in [-0.2, 0) is 10.8 Å². The van der Waals surface area contributed by atoms with E-state index in [-0.39, 0.29) is 11.2 Å². The van der Waals surface area contributed by atoms with Gasteiger partial charge in [0.25, 0.3) is 5.91 Å². The Hall–Kier alpha value is -1.07. The SMILES string of the molecule is CC(CCNC(=O)c1ccc(N)c(Cl)c1)S(C)=O. The van der Waals surface area contributed by atoms with Crippen molar-refractivity contribution in [1.82, 2.24) is 5.32 Å². The first-order valence-electron chi connectivity index (χ1n) is 5.57. The number of benzene rings is 1. The number of anilines is 1. The van der Waals surface area contributed by atoms with E-state index in [9.17, 15) is 9.00 Å². The molecule has 0 spiro atoms. The fourth-order valence-electron chi connectivity index (χ4n) is 1.33. The lowest BCUT2D eigenvalue weighted by Crippen LogP contribution is -2.27. The molecule has 0 fully saturated rings. The summed E-state index contributed by atoms with van der Waals surface area (Å²) >= 11 is 5.84. The van der Waals surface area contributed by atoms with E-state index < -0.39 is 10.8 Å². The molecule has 0 saturated heterocycles. The van der Waals surface area contributed by atoms with Gasteiger partial charge in [-0.2, -0.15) is 0 Å². The molecule has 2 unspecified atom stereocenters. The molecule has 2 atom stereocenters. The van der Waals surface area contributed by atoms with E-state index >= 15 is 0 Å². The summed E-state index contributed by atoms with van der Waals surface area (Å²) in [5, 5.41) is 3.19. The molecule has 18 heavy (non-hydrogen) atoms. The second-order valence-corrected chi connectivity index (χ2v) is 6.30. The number of carbonyl (C=O) groups is 1. The monoisotopic (exact) mass is 288 g/mol. The van der Waals surface area contributed by atoms with Crippen LogP contribution in [0.25, 0.3) is 0 Å². The Kier molecular flexibility index (Phi) is 5.62. The van der Waals surface area contributed by atoms with Gasteiger partial charge in [0.05, 0.1) is 10.7 Å². The van der Waals surface area contributed by atoms with Crippen molar-refractivity contribution < 1.29 is 9.00 Å². The summed E-state index contributed by atoms with van der Waals surface area (Å²) in [7, 11) is -0.865. The molecule has 1 rings (SSSR count). The highest BCUT2D eigenvalue weighted by Crippen LogP contribution is 2.19. The lowest BCUT2D eigenvalue weighted by atomic mass is 10.2. The molecule has 0 saturated carbocycles. The zero-order valence-electron chi connectivity index (χ0n) is 10.4. The van der Waals surface area contributed by atoms with Crippen molar-refractivity contribution in [3.8, 4) is 0 Å². The summed E-state index contributed by atoms with van der Waals surface area (Å²) in [6.45, 7) is 2.38. The Morgan fingerprint density at radius 1 is 1.56 bits per heavy atom. The third-order valence-corrected chi connectivity index (χ3v) is 4.36. The first-order chi connectivity index (χ1) is 8.41. The van der Waals surface area contributed by atoms with E-state index in [0.717, 1.165) is 0 Å². The minimum absolute atomic E-state index is 0.0697. The predicted molar refractivity (Wildman–Crippen MR) is 76.3 cm³/mol. The Morgan fingerprint density at radius 2 is 2.22 bits per heavy atom. The standard InChI is InChI=1S/C12H17ClN2O2S/c1-8(18(2)17)5-6-15-12(16)9-3-4-11(14)10(13)7-9/h3-4,7-8H,5-6,14H2,1-2H3,(H,15,16). The Bertz CT molecular complexity index is 465. The topological polar surface area (TPSA) is 72.2 Å². The van der Waals surface area contributed by atoms with Crippen LogP contribution in [0.5, 0.6) is 0 Å². The van der Waals surface area contributed by atoms with Crippen molar-refractivity contribution in [3.05, 3.63) is 28.8 Å². The number of halogens is 1. The second-order valence-electron chi connectivity index (χ2n) is 4.09. The molecular weight excluding hydrogens is 272 g/mol. The third-order valence-electron chi connectivity index (χ3n) is 2.67. The molecule has 0 bridgehead atoms. The van der Waals surface area contributed by atoms with Gasteiger partial charge in [-0.05, 0) is 24.6 Å². The van der Waals surface area contributed by atoms with Crippen LogP contribution in [0.2, 0.25) is 5.02 Å². The number of hydrogen-bond acceptors (Lipinski definition) is 3. The van der Waals surface area contributed by atoms with E-state index in [4.69, 9.17) is 17.3 Å². The molecule has 3 N–H and O–H groups in total. The summed E-state index contributed by atoms with van der Waals surface area (Å²) < 4.78 is 11.1. The van der Waals surface area contributed by atoms with Crippen LogP contribution in [0.1, 0.15) is 23.7 Å². The smallest absolute Gasteiger partial charge is 0.251 e. The van der Waals surface area contributed by atoms with Crippen LogP contribution in [0.3, 0.4) is 0 Å². The molecule has 4 nitrogen and oxygen atoms in total. The van der Waals surface area contributed by atoms with Gasteiger partial charge in [-0.25, -0.2) is 0 Å². The van der Waals surface area contributed by atoms with Gasteiger partial charge in [-0.1, -0.05) is 18.5 Å². The molecule has 0 aliphatic carbocycles. The quantitative estimate of drug-likeness (QED) is 0.812. The maximum atomic E-state index is 11.8. The molecule has 0 radical (unpaired) electrons. The fraction of sp³-hybridized carbons (Fsp3) is 0.417. The van der Waals surface area contributed by atoms with Crippen LogP contribution in [-0.4, -0.2) is 28.2 Å². The van der Waals surface area contributed by atoms with Crippen molar-refractivity contribution in [2.24, 2.45) is 0 Å². The van der Waals surface area contributed by atoms with Crippen molar-refractivity contribution >= 4 is 34.0 Å². The number of nitrogen functional groups attached to an aromatic ring is 1. The molecule has 6 heteroatoms.